The molecule has 2 fully saturated rings. The van der Waals surface area contributed by atoms with Crippen LogP contribution in [0.2, 0.25) is 0 Å². The van der Waals surface area contributed by atoms with Gasteiger partial charge in [-0.2, -0.15) is 8.42 Å². The summed E-state index contributed by atoms with van der Waals surface area (Å²) in [6.45, 7) is 2.24. The molecule has 0 heterocycles. The number of hydrogen-bond acceptors (Lipinski definition) is 5. The molecule has 2 aromatic carbocycles. The Labute approximate surface area is 184 Å². The van der Waals surface area contributed by atoms with Gasteiger partial charge in [-0.3, -0.25) is 4.18 Å². The first-order valence-corrected chi connectivity index (χ1v) is 12.6. The Morgan fingerprint density at radius 3 is 2.58 bits per heavy atom. The third-order valence-electron chi connectivity index (χ3n) is 8.21. The topological polar surface area (TPSA) is 72.8 Å². The Morgan fingerprint density at radius 2 is 1.84 bits per heavy atom. The molecule has 0 aliphatic heterocycles. The number of rotatable bonds is 4. The fourth-order valence-electron chi connectivity index (χ4n) is 6.66. The van der Waals surface area contributed by atoms with Crippen LogP contribution in [0.15, 0.2) is 47.4 Å². The number of phenols is 1. The Balaban J connectivity index is 1.41. The predicted molar refractivity (Wildman–Crippen MR) is 118 cm³/mol. The summed E-state index contributed by atoms with van der Waals surface area (Å²) in [5.74, 6) is 2.12. The lowest BCUT2D eigenvalue weighted by atomic mass is 9.55. The lowest BCUT2D eigenvalue weighted by Crippen LogP contribution is -2.45. The number of ether oxygens (including phenoxy) is 1. The van der Waals surface area contributed by atoms with E-state index in [2.05, 4.69) is 6.92 Å². The first kappa shape index (κ1) is 20.8. The lowest BCUT2D eigenvalue weighted by Gasteiger charge is -2.50. The summed E-state index contributed by atoms with van der Waals surface area (Å²) >= 11 is 0. The highest BCUT2D eigenvalue weighted by Gasteiger charge is 2.56. The molecular weight excluding hydrogens is 412 g/mol. The van der Waals surface area contributed by atoms with Crippen molar-refractivity contribution in [2.24, 2.45) is 17.3 Å². The third kappa shape index (κ3) is 3.35. The molecule has 5 atom stereocenters. The van der Waals surface area contributed by atoms with Gasteiger partial charge in [-0.05, 0) is 97.1 Å². The van der Waals surface area contributed by atoms with E-state index in [0.717, 1.165) is 38.5 Å². The van der Waals surface area contributed by atoms with Crippen LogP contribution in [0.4, 0.5) is 0 Å². The van der Waals surface area contributed by atoms with Crippen molar-refractivity contribution in [3.63, 3.8) is 0 Å². The van der Waals surface area contributed by atoms with Gasteiger partial charge in [0, 0.05) is 0 Å². The van der Waals surface area contributed by atoms with Crippen LogP contribution in [-0.2, 0) is 20.7 Å². The van der Waals surface area contributed by atoms with Gasteiger partial charge in [0.05, 0.1) is 18.1 Å². The summed E-state index contributed by atoms with van der Waals surface area (Å²) < 4.78 is 37.0. The number of aromatic hydroxyl groups is 1. The number of fused-ring (bicyclic) bond motifs is 5. The van der Waals surface area contributed by atoms with E-state index >= 15 is 0 Å². The molecule has 0 saturated heterocycles. The number of methoxy groups -OCH3 is 1. The van der Waals surface area contributed by atoms with Crippen molar-refractivity contribution in [1.29, 1.82) is 0 Å². The molecule has 1 N–H and O–H groups in total. The standard InChI is InChI=1S/C25H30O5S/c1-25-13-12-18-19(9-8-16-14-22(26)23(29-2)15-20(16)18)21(25)10-11-24(25)30-31(27,28)17-6-4-3-5-7-17/h3-7,14-15,18-19,21,24,26H,8-13H2,1-2H3. The average molecular weight is 443 g/mol. The minimum atomic E-state index is -3.77. The van der Waals surface area contributed by atoms with Gasteiger partial charge in [0.2, 0.25) is 0 Å². The maximum absolute atomic E-state index is 12.9. The van der Waals surface area contributed by atoms with Crippen LogP contribution in [-0.4, -0.2) is 26.7 Å². The highest BCUT2D eigenvalue weighted by molar-refractivity contribution is 7.86. The molecule has 0 radical (unpaired) electrons. The molecule has 5 nitrogen and oxygen atoms in total. The number of aryl methyl sites for hydroxylation is 1. The van der Waals surface area contributed by atoms with Crippen LogP contribution in [0.1, 0.15) is 56.1 Å². The van der Waals surface area contributed by atoms with Crippen LogP contribution in [0.5, 0.6) is 11.5 Å². The molecular formula is C25H30O5S. The Morgan fingerprint density at radius 1 is 1.06 bits per heavy atom. The molecule has 5 rings (SSSR count). The SMILES string of the molecule is COc1cc2c(cc1O)CCC1C2CCC2(C)C(OS(=O)(=O)c3ccccc3)CCC12. The maximum Gasteiger partial charge on any atom is 0.297 e. The van der Waals surface area contributed by atoms with Gasteiger partial charge in [-0.1, -0.05) is 25.1 Å². The molecule has 6 heteroatoms. The number of phenolic OH excluding ortho intramolecular Hbond substituents is 1. The van der Waals surface area contributed by atoms with Crippen LogP contribution in [0, 0.1) is 17.3 Å². The van der Waals surface area contributed by atoms with Crippen LogP contribution >= 0.6 is 0 Å². The Kier molecular flexibility index (Phi) is 5.05. The van der Waals surface area contributed by atoms with Gasteiger partial charge in [-0.15, -0.1) is 0 Å². The van der Waals surface area contributed by atoms with E-state index in [9.17, 15) is 13.5 Å². The zero-order chi connectivity index (χ0) is 21.8. The van der Waals surface area contributed by atoms with Crippen LogP contribution in [0.3, 0.4) is 0 Å². The Hall–Kier alpha value is -2.05. The second-order valence-corrected chi connectivity index (χ2v) is 11.2. The van der Waals surface area contributed by atoms with E-state index in [1.165, 1.54) is 11.1 Å². The summed E-state index contributed by atoms with van der Waals surface area (Å²) in [6, 6.07) is 12.4. The summed E-state index contributed by atoms with van der Waals surface area (Å²) in [6.07, 6.45) is 5.45. The summed E-state index contributed by atoms with van der Waals surface area (Å²) in [5.41, 5.74) is 2.39. The Bertz CT molecular complexity index is 1080. The highest BCUT2D eigenvalue weighted by atomic mass is 32.2. The van der Waals surface area contributed by atoms with Crippen molar-refractivity contribution in [1.82, 2.24) is 0 Å². The van der Waals surface area contributed by atoms with E-state index in [4.69, 9.17) is 8.92 Å². The molecule has 0 bridgehead atoms. The number of benzene rings is 2. The second-order valence-electron chi connectivity index (χ2n) is 9.61. The van der Waals surface area contributed by atoms with Gasteiger partial charge in [0.15, 0.2) is 11.5 Å². The third-order valence-corrected chi connectivity index (χ3v) is 9.55. The first-order valence-electron chi connectivity index (χ1n) is 11.2. The summed E-state index contributed by atoms with van der Waals surface area (Å²) in [4.78, 5) is 0.231. The van der Waals surface area contributed by atoms with E-state index in [1.807, 2.05) is 18.2 Å². The normalized spacial score (nSPS) is 32.1. The molecule has 0 aromatic heterocycles. The zero-order valence-electron chi connectivity index (χ0n) is 18.1. The minimum absolute atomic E-state index is 0.137. The highest BCUT2D eigenvalue weighted by Crippen LogP contribution is 2.62. The molecule has 166 valence electrons. The molecule has 5 unspecified atom stereocenters. The summed E-state index contributed by atoms with van der Waals surface area (Å²) in [7, 11) is -2.18. The van der Waals surface area contributed by atoms with E-state index in [-0.39, 0.29) is 22.2 Å². The van der Waals surface area contributed by atoms with E-state index in [1.54, 1.807) is 31.4 Å². The predicted octanol–water partition coefficient (Wildman–Crippen LogP) is 5.03. The quantitative estimate of drug-likeness (QED) is 0.672. The van der Waals surface area contributed by atoms with Crippen LogP contribution < -0.4 is 4.74 Å². The van der Waals surface area contributed by atoms with Crippen molar-refractivity contribution in [2.75, 3.05) is 7.11 Å². The second kappa shape index (κ2) is 7.52. The van der Waals surface area contributed by atoms with Crippen molar-refractivity contribution in [3.8, 4) is 11.5 Å². The van der Waals surface area contributed by atoms with Crippen LogP contribution in [0.25, 0.3) is 0 Å². The van der Waals surface area contributed by atoms with Gasteiger partial charge in [0.25, 0.3) is 10.1 Å². The van der Waals surface area contributed by atoms with Gasteiger partial charge >= 0.3 is 0 Å². The zero-order valence-corrected chi connectivity index (χ0v) is 18.9. The van der Waals surface area contributed by atoms with Gasteiger partial charge in [0.1, 0.15) is 0 Å². The minimum Gasteiger partial charge on any atom is -0.504 e. The maximum atomic E-state index is 12.9. The largest absolute Gasteiger partial charge is 0.504 e. The lowest BCUT2D eigenvalue weighted by molar-refractivity contribution is -0.00807. The molecule has 3 aliphatic carbocycles. The summed E-state index contributed by atoms with van der Waals surface area (Å²) in [5, 5.41) is 10.2. The monoisotopic (exact) mass is 442 g/mol. The number of hydrogen-bond donors (Lipinski definition) is 1. The molecule has 0 amide bonds. The van der Waals surface area contributed by atoms with Gasteiger partial charge in [-0.25, -0.2) is 0 Å². The molecule has 3 aliphatic rings. The van der Waals surface area contributed by atoms with Crippen molar-refractivity contribution < 1.29 is 22.4 Å². The van der Waals surface area contributed by atoms with Crippen molar-refractivity contribution in [3.05, 3.63) is 53.6 Å². The van der Waals surface area contributed by atoms with Gasteiger partial charge < -0.3 is 9.84 Å². The first-order chi connectivity index (χ1) is 14.8. The fraction of sp³-hybridized carbons (Fsp3) is 0.520. The molecule has 0 spiro atoms. The molecule has 2 aromatic rings. The fourth-order valence-corrected chi connectivity index (χ4v) is 7.88. The van der Waals surface area contributed by atoms with E-state index < -0.39 is 10.1 Å². The molecule has 31 heavy (non-hydrogen) atoms. The average Bonchev–Trinajstić information content (AvgIpc) is 3.09. The smallest absolute Gasteiger partial charge is 0.297 e. The molecule has 2 saturated carbocycles. The van der Waals surface area contributed by atoms with E-state index in [0.29, 0.717) is 23.5 Å². The van der Waals surface area contributed by atoms with Crippen molar-refractivity contribution in [2.45, 2.75) is 62.4 Å². The van der Waals surface area contributed by atoms with Crippen molar-refractivity contribution >= 4 is 10.1 Å².